The van der Waals surface area contributed by atoms with Crippen molar-refractivity contribution in [3.63, 3.8) is 0 Å². The van der Waals surface area contributed by atoms with Crippen molar-refractivity contribution in [1.82, 2.24) is 9.88 Å². The number of H-pyrrole nitrogens is 1. The maximum atomic E-state index is 11.6. The van der Waals surface area contributed by atoms with Crippen LogP contribution >= 0.6 is 11.6 Å². The lowest BCUT2D eigenvalue weighted by Gasteiger charge is -2.32. The topological polar surface area (TPSA) is 36.1 Å². The summed E-state index contributed by atoms with van der Waals surface area (Å²) in [4.78, 5) is 16.7. The SMILES string of the molecule is O=C(CCl)N1CCC(c2cccc3[nH]ccc23)CC1. The molecule has 1 fully saturated rings. The van der Waals surface area contributed by atoms with E-state index in [9.17, 15) is 4.79 Å². The summed E-state index contributed by atoms with van der Waals surface area (Å²) in [7, 11) is 0. The van der Waals surface area contributed by atoms with Crippen LogP contribution in [0.1, 0.15) is 24.3 Å². The van der Waals surface area contributed by atoms with Gasteiger partial charge >= 0.3 is 0 Å². The molecule has 100 valence electrons. The zero-order valence-corrected chi connectivity index (χ0v) is 11.5. The lowest BCUT2D eigenvalue weighted by atomic mass is 9.87. The van der Waals surface area contributed by atoms with E-state index in [1.165, 1.54) is 16.5 Å². The van der Waals surface area contributed by atoms with Gasteiger partial charge in [0, 0.05) is 30.2 Å². The minimum absolute atomic E-state index is 0.0555. The molecule has 2 heterocycles. The molecular weight excluding hydrogens is 260 g/mol. The highest BCUT2D eigenvalue weighted by atomic mass is 35.5. The molecule has 0 unspecified atom stereocenters. The predicted octanol–water partition coefficient (Wildman–Crippen LogP) is 3.11. The number of nitrogens with one attached hydrogen (secondary N) is 1. The molecule has 1 aliphatic rings. The van der Waals surface area contributed by atoms with Crippen molar-refractivity contribution in [3.05, 3.63) is 36.0 Å². The van der Waals surface area contributed by atoms with Crippen molar-refractivity contribution in [2.24, 2.45) is 0 Å². The van der Waals surface area contributed by atoms with E-state index in [1.807, 2.05) is 11.1 Å². The highest BCUT2D eigenvalue weighted by Gasteiger charge is 2.24. The predicted molar refractivity (Wildman–Crippen MR) is 77.6 cm³/mol. The molecule has 1 saturated heterocycles. The minimum atomic E-state index is 0.0555. The number of aromatic amines is 1. The summed E-state index contributed by atoms with van der Waals surface area (Å²) in [5, 5.41) is 1.31. The molecular formula is C15H17ClN2O. The molecule has 4 heteroatoms. The van der Waals surface area contributed by atoms with Crippen LogP contribution in [0.5, 0.6) is 0 Å². The van der Waals surface area contributed by atoms with Crippen LogP contribution in [0.2, 0.25) is 0 Å². The Hall–Kier alpha value is -1.48. The summed E-state index contributed by atoms with van der Waals surface area (Å²) >= 11 is 5.61. The summed E-state index contributed by atoms with van der Waals surface area (Å²) in [6.45, 7) is 1.63. The van der Waals surface area contributed by atoms with Gasteiger partial charge in [0.1, 0.15) is 5.88 Å². The second-order valence-corrected chi connectivity index (χ2v) is 5.34. The van der Waals surface area contributed by atoms with Gasteiger partial charge in [-0.3, -0.25) is 4.79 Å². The maximum absolute atomic E-state index is 11.6. The highest BCUT2D eigenvalue weighted by Crippen LogP contribution is 2.32. The minimum Gasteiger partial charge on any atom is -0.361 e. The van der Waals surface area contributed by atoms with Gasteiger partial charge in [-0.25, -0.2) is 0 Å². The van der Waals surface area contributed by atoms with Gasteiger partial charge in [-0.15, -0.1) is 11.6 Å². The fourth-order valence-corrected chi connectivity index (χ4v) is 3.16. The number of fused-ring (bicyclic) bond motifs is 1. The Bertz CT molecular complexity index is 585. The van der Waals surface area contributed by atoms with Crippen LogP contribution in [0.3, 0.4) is 0 Å². The number of piperidine rings is 1. The molecule has 0 atom stereocenters. The van der Waals surface area contributed by atoms with Crippen LogP contribution in [0, 0.1) is 0 Å². The molecule has 1 aliphatic heterocycles. The number of rotatable bonds is 2. The van der Waals surface area contributed by atoms with Crippen molar-refractivity contribution in [2.75, 3.05) is 19.0 Å². The summed E-state index contributed by atoms with van der Waals surface area (Å²) in [6, 6.07) is 8.55. The first-order valence-corrected chi connectivity index (χ1v) is 7.23. The highest BCUT2D eigenvalue weighted by molar-refractivity contribution is 6.27. The largest absolute Gasteiger partial charge is 0.361 e. The molecule has 0 saturated carbocycles. The fraction of sp³-hybridized carbons (Fsp3) is 0.400. The van der Waals surface area contributed by atoms with Crippen LogP contribution in [-0.4, -0.2) is 34.8 Å². The number of halogens is 1. The fourth-order valence-electron chi connectivity index (χ4n) is 2.99. The van der Waals surface area contributed by atoms with E-state index in [4.69, 9.17) is 11.6 Å². The summed E-state index contributed by atoms with van der Waals surface area (Å²) in [6.07, 6.45) is 4.03. The molecule has 0 aliphatic carbocycles. The van der Waals surface area contributed by atoms with E-state index in [1.54, 1.807) is 0 Å². The standard InChI is InChI=1S/C15H17ClN2O/c16-10-15(19)18-8-5-11(6-9-18)12-2-1-3-14-13(12)4-7-17-14/h1-4,7,11,17H,5-6,8-10H2. The van der Waals surface area contributed by atoms with E-state index in [0.29, 0.717) is 5.92 Å². The first-order chi connectivity index (χ1) is 9.29. The smallest absolute Gasteiger partial charge is 0.237 e. The Morgan fingerprint density at radius 2 is 2.11 bits per heavy atom. The molecule has 19 heavy (non-hydrogen) atoms. The van der Waals surface area contributed by atoms with E-state index >= 15 is 0 Å². The molecule has 1 aromatic carbocycles. The third-order valence-corrected chi connectivity index (χ3v) is 4.26. The quantitative estimate of drug-likeness (QED) is 0.841. The number of hydrogen-bond donors (Lipinski definition) is 1. The third-order valence-electron chi connectivity index (χ3n) is 4.03. The van der Waals surface area contributed by atoms with Crippen LogP contribution < -0.4 is 0 Å². The normalized spacial score (nSPS) is 17.0. The number of hydrogen-bond acceptors (Lipinski definition) is 1. The first-order valence-electron chi connectivity index (χ1n) is 6.69. The van der Waals surface area contributed by atoms with Crippen LogP contribution in [-0.2, 0) is 4.79 Å². The number of benzene rings is 1. The van der Waals surface area contributed by atoms with E-state index in [-0.39, 0.29) is 11.8 Å². The van der Waals surface area contributed by atoms with Gasteiger partial charge in [0.25, 0.3) is 0 Å². The number of likely N-dealkylation sites (tertiary alicyclic amines) is 1. The Labute approximate surface area is 117 Å². The molecule has 2 aromatic rings. The lowest BCUT2D eigenvalue weighted by Crippen LogP contribution is -2.38. The number of amides is 1. The number of aromatic nitrogens is 1. The molecule has 3 nitrogen and oxygen atoms in total. The van der Waals surface area contributed by atoms with Crippen molar-refractivity contribution in [2.45, 2.75) is 18.8 Å². The lowest BCUT2D eigenvalue weighted by molar-refractivity contribution is -0.129. The number of carbonyl (C=O) groups excluding carboxylic acids is 1. The Morgan fingerprint density at radius 3 is 2.84 bits per heavy atom. The molecule has 1 N–H and O–H groups in total. The molecule has 1 amide bonds. The van der Waals surface area contributed by atoms with Gasteiger partial charge in [-0.2, -0.15) is 0 Å². The second kappa shape index (κ2) is 5.25. The van der Waals surface area contributed by atoms with Crippen molar-refractivity contribution < 1.29 is 4.79 Å². The van der Waals surface area contributed by atoms with Crippen LogP contribution in [0.15, 0.2) is 30.5 Å². The average molecular weight is 277 g/mol. The second-order valence-electron chi connectivity index (χ2n) is 5.07. The third kappa shape index (κ3) is 2.35. The first kappa shape index (κ1) is 12.5. The van der Waals surface area contributed by atoms with Crippen molar-refractivity contribution >= 4 is 28.4 Å². The van der Waals surface area contributed by atoms with Gasteiger partial charge in [-0.05, 0) is 36.5 Å². The monoisotopic (exact) mass is 276 g/mol. The van der Waals surface area contributed by atoms with E-state index in [0.717, 1.165) is 25.9 Å². The molecule has 0 radical (unpaired) electrons. The molecule has 0 bridgehead atoms. The average Bonchev–Trinajstić information content (AvgIpc) is 2.95. The van der Waals surface area contributed by atoms with Gasteiger partial charge in [-0.1, -0.05) is 12.1 Å². The van der Waals surface area contributed by atoms with Crippen LogP contribution in [0.4, 0.5) is 0 Å². The number of nitrogens with zero attached hydrogens (tertiary/aromatic N) is 1. The van der Waals surface area contributed by atoms with Gasteiger partial charge in [0.05, 0.1) is 0 Å². The number of carbonyl (C=O) groups is 1. The van der Waals surface area contributed by atoms with E-state index < -0.39 is 0 Å². The van der Waals surface area contributed by atoms with Crippen molar-refractivity contribution in [3.8, 4) is 0 Å². The zero-order chi connectivity index (χ0) is 13.2. The maximum Gasteiger partial charge on any atom is 0.237 e. The summed E-state index contributed by atoms with van der Waals surface area (Å²) in [5.41, 5.74) is 2.59. The van der Waals surface area contributed by atoms with Gasteiger partial charge < -0.3 is 9.88 Å². The van der Waals surface area contributed by atoms with Gasteiger partial charge in [0.15, 0.2) is 0 Å². The summed E-state index contributed by atoms with van der Waals surface area (Å²) in [5.74, 6) is 0.691. The van der Waals surface area contributed by atoms with Crippen molar-refractivity contribution in [1.29, 1.82) is 0 Å². The Balaban J connectivity index is 1.78. The molecule has 1 aromatic heterocycles. The van der Waals surface area contributed by atoms with Gasteiger partial charge in [0.2, 0.25) is 5.91 Å². The van der Waals surface area contributed by atoms with Crippen LogP contribution in [0.25, 0.3) is 10.9 Å². The Kier molecular flexibility index (Phi) is 3.47. The summed E-state index contributed by atoms with van der Waals surface area (Å²) < 4.78 is 0. The molecule has 0 spiro atoms. The zero-order valence-electron chi connectivity index (χ0n) is 10.7. The van der Waals surface area contributed by atoms with E-state index in [2.05, 4.69) is 29.2 Å². The molecule has 3 rings (SSSR count). The Morgan fingerprint density at radius 1 is 1.32 bits per heavy atom. The number of alkyl halides is 1.